The van der Waals surface area contributed by atoms with Crippen LogP contribution in [0, 0.1) is 0 Å². The van der Waals surface area contributed by atoms with Gasteiger partial charge in [0.2, 0.25) is 0 Å². The molecule has 1 aromatic rings. The second kappa shape index (κ2) is 5.53. The molecule has 1 fully saturated rings. The van der Waals surface area contributed by atoms with Crippen molar-refractivity contribution in [2.24, 2.45) is 5.90 Å². The summed E-state index contributed by atoms with van der Waals surface area (Å²) < 4.78 is 0. The summed E-state index contributed by atoms with van der Waals surface area (Å²) in [7, 11) is 0. The minimum absolute atomic E-state index is 0.389. The maximum Gasteiger partial charge on any atom is 0.0882 e. The second-order valence-corrected chi connectivity index (χ2v) is 4.59. The van der Waals surface area contributed by atoms with E-state index in [4.69, 9.17) is 22.3 Å². The van der Waals surface area contributed by atoms with Gasteiger partial charge in [-0.25, -0.2) is 5.90 Å². The van der Waals surface area contributed by atoms with Gasteiger partial charge in [-0.2, -0.15) is 0 Å². The molecule has 0 aliphatic carbocycles. The van der Waals surface area contributed by atoms with Crippen molar-refractivity contribution in [1.82, 2.24) is 0 Å². The summed E-state index contributed by atoms with van der Waals surface area (Å²) >= 11 is 5.88. The number of anilines is 1. The quantitative estimate of drug-likeness (QED) is 0.826. The van der Waals surface area contributed by atoms with E-state index in [1.807, 2.05) is 12.1 Å². The number of hydrogen-bond donors (Lipinski definition) is 1. The van der Waals surface area contributed by atoms with Crippen molar-refractivity contribution in [3.63, 3.8) is 0 Å². The average molecular weight is 241 g/mol. The van der Waals surface area contributed by atoms with Crippen LogP contribution >= 0.6 is 11.6 Å². The molecule has 0 spiro atoms. The van der Waals surface area contributed by atoms with Crippen LogP contribution in [-0.4, -0.2) is 19.2 Å². The Morgan fingerprint density at radius 2 is 2.06 bits per heavy atom. The fourth-order valence-corrected chi connectivity index (χ4v) is 2.38. The number of piperidine rings is 1. The van der Waals surface area contributed by atoms with Crippen LogP contribution in [0.15, 0.2) is 24.3 Å². The van der Waals surface area contributed by atoms with E-state index in [1.54, 1.807) is 0 Å². The Bertz CT molecular complexity index is 326. The lowest BCUT2D eigenvalue weighted by Gasteiger charge is -2.37. The van der Waals surface area contributed by atoms with Gasteiger partial charge in [0.1, 0.15) is 0 Å². The predicted octanol–water partition coefficient (Wildman–Crippen LogP) is 2.59. The van der Waals surface area contributed by atoms with E-state index in [0.29, 0.717) is 12.6 Å². The van der Waals surface area contributed by atoms with Crippen LogP contribution in [-0.2, 0) is 4.84 Å². The van der Waals surface area contributed by atoms with Gasteiger partial charge < -0.3 is 9.74 Å². The monoisotopic (exact) mass is 240 g/mol. The highest BCUT2D eigenvalue weighted by molar-refractivity contribution is 6.30. The molecule has 1 saturated heterocycles. The van der Waals surface area contributed by atoms with Crippen LogP contribution in [0.25, 0.3) is 0 Å². The summed E-state index contributed by atoms with van der Waals surface area (Å²) in [5, 5.41) is 0.771. The third-order valence-corrected chi connectivity index (χ3v) is 3.33. The minimum atomic E-state index is 0.389. The van der Waals surface area contributed by atoms with Gasteiger partial charge in [-0.3, -0.25) is 0 Å². The molecule has 0 bridgehead atoms. The van der Waals surface area contributed by atoms with Crippen molar-refractivity contribution < 1.29 is 4.84 Å². The molecule has 3 nitrogen and oxygen atoms in total. The maximum absolute atomic E-state index is 5.88. The molecule has 0 amide bonds. The maximum atomic E-state index is 5.88. The Labute approximate surface area is 101 Å². The molecular weight excluding hydrogens is 224 g/mol. The fraction of sp³-hybridized carbons (Fsp3) is 0.500. The van der Waals surface area contributed by atoms with Crippen molar-refractivity contribution in [2.75, 3.05) is 18.1 Å². The predicted molar refractivity (Wildman–Crippen MR) is 66.6 cm³/mol. The van der Waals surface area contributed by atoms with Gasteiger partial charge in [0.05, 0.1) is 12.6 Å². The Hall–Kier alpha value is -0.770. The number of halogens is 1. The molecule has 1 aliphatic heterocycles. The summed E-state index contributed by atoms with van der Waals surface area (Å²) in [5.74, 6) is 5.18. The number of nitrogens with zero attached hydrogens (tertiary/aromatic N) is 1. The highest BCUT2D eigenvalue weighted by Crippen LogP contribution is 2.25. The SMILES string of the molecule is NOCC1CCCCN1c1ccc(Cl)cc1. The van der Waals surface area contributed by atoms with Gasteiger partial charge in [-0.15, -0.1) is 0 Å². The molecule has 2 N–H and O–H groups in total. The molecule has 0 radical (unpaired) electrons. The van der Waals surface area contributed by atoms with Crippen LogP contribution in [0.3, 0.4) is 0 Å². The number of rotatable bonds is 3. The van der Waals surface area contributed by atoms with Crippen molar-refractivity contribution in [3.05, 3.63) is 29.3 Å². The normalized spacial score (nSPS) is 21.1. The summed E-state index contributed by atoms with van der Waals surface area (Å²) in [4.78, 5) is 7.14. The van der Waals surface area contributed by atoms with Crippen molar-refractivity contribution in [3.8, 4) is 0 Å². The highest BCUT2D eigenvalue weighted by atomic mass is 35.5. The molecule has 4 heteroatoms. The van der Waals surface area contributed by atoms with E-state index in [9.17, 15) is 0 Å². The lowest BCUT2D eigenvalue weighted by atomic mass is 10.0. The summed E-state index contributed by atoms with van der Waals surface area (Å²) in [6.07, 6.45) is 3.61. The number of nitrogens with two attached hydrogens (primary N) is 1. The Morgan fingerprint density at radius 3 is 2.75 bits per heavy atom. The Balaban J connectivity index is 2.13. The van der Waals surface area contributed by atoms with Crippen molar-refractivity contribution >= 4 is 17.3 Å². The molecule has 1 unspecified atom stereocenters. The lowest BCUT2D eigenvalue weighted by molar-refractivity contribution is 0.114. The van der Waals surface area contributed by atoms with E-state index in [2.05, 4.69) is 17.0 Å². The zero-order chi connectivity index (χ0) is 11.4. The number of hydrogen-bond acceptors (Lipinski definition) is 3. The van der Waals surface area contributed by atoms with E-state index in [-0.39, 0.29) is 0 Å². The first-order valence-corrected chi connectivity index (χ1v) is 6.03. The van der Waals surface area contributed by atoms with E-state index in [1.165, 1.54) is 18.5 Å². The summed E-state index contributed by atoms with van der Waals surface area (Å²) in [6.45, 7) is 1.65. The van der Waals surface area contributed by atoms with Crippen LogP contribution in [0.1, 0.15) is 19.3 Å². The molecule has 0 saturated carbocycles. The molecule has 2 rings (SSSR count). The lowest BCUT2D eigenvalue weighted by Crippen LogP contribution is -2.43. The minimum Gasteiger partial charge on any atom is -0.366 e. The first-order chi connectivity index (χ1) is 7.81. The molecule has 0 aromatic heterocycles. The zero-order valence-electron chi connectivity index (χ0n) is 9.23. The molecule has 1 aliphatic rings. The third kappa shape index (κ3) is 2.67. The Morgan fingerprint density at radius 1 is 1.31 bits per heavy atom. The standard InChI is InChI=1S/C12H17ClN2O/c13-10-4-6-11(7-5-10)15-8-2-1-3-12(15)9-16-14/h4-7,12H,1-3,8-9,14H2. The second-order valence-electron chi connectivity index (χ2n) is 4.15. The van der Waals surface area contributed by atoms with Crippen LogP contribution in [0.4, 0.5) is 5.69 Å². The molecule has 1 heterocycles. The topological polar surface area (TPSA) is 38.5 Å². The Kier molecular flexibility index (Phi) is 4.04. The van der Waals surface area contributed by atoms with Gasteiger partial charge in [0.25, 0.3) is 0 Å². The first kappa shape index (κ1) is 11.7. The molecule has 1 aromatic carbocycles. The smallest absolute Gasteiger partial charge is 0.0882 e. The van der Waals surface area contributed by atoms with Gasteiger partial charge in [0.15, 0.2) is 0 Å². The van der Waals surface area contributed by atoms with Crippen LogP contribution < -0.4 is 10.8 Å². The van der Waals surface area contributed by atoms with E-state index in [0.717, 1.165) is 18.0 Å². The van der Waals surface area contributed by atoms with Crippen molar-refractivity contribution in [2.45, 2.75) is 25.3 Å². The number of benzene rings is 1. The van der Waals surface area contributed by atoms with Gasteiger partial charge in [-0.05, 0) is 43.5 Å². The summed E-state index contributed by atoms with van der Waals surface area (Å²) in [6, 6.07) is 8.34. The van der Waals surface area contributed by atoms with Gasteiger partial charge in [0, 0.05) is 17.3 Å². The molecule has 1 atom stereocenters. The molecule has 16 heavy (non-hydrogen) atoms. The van der Waals surface area contributed by atoms with Gasteiger partial charge >= 0.3 is 0 Å². The van der Waals surface area contributed by atoms with Crippen LogP contribution in [0.5, 0.6) is 0 Å². The summed E-state index contributed by atoms with van der Waals surface area (Å²) in [5.41, 5.74) is 1.20. The fourth-order valence-electron chi connectivity index (χ4n) is 2.26. The van der Waals surface area contributed by atoms with Gasteiger partial charge in [-0.1, -0.05) is 11.6 Å². The van der Waals surface area contributed by atoms with Crippen LogP contribution in [0.2, 0.25) is 5.02 Å². The average Bonchev–Trinajstić information content (AvgIpc) is 2.32. The first-order valence-electron chi connectivity index (χ1n) is 5.65. The zero-order valence-corrected chi connectivity index (χ0v) is 9.99. The van der Waals surface area contributed by atoms with E-state index >= 15 is 0 Å². The van der Waals surface area contributed by atoms with E-state index < -0.39 is 0 Å². The molecular formula is C12H17ClN2O. The van der Waals surface area contributed by atoms with Crippen molar-refractivity contribution in [1.29, 1.82) is 0 Å². The highest BCUT2D eigenvalue weighted by Gasteiger charge is 2.22. The largest absolute Gasteiger partial charge is 0.366 e. The third-order valence-electron chi connectivity index (χ3n) is 3.07. The molecule has 88 valence electrons.